The van der Waals surface area contributed by atoms with Gasteiger partial charge >= 0.3 is 0 Å². The highest BCUT2D eigenvalue weighted by molar-refractivity contribution is 6.07. The van der Waals surface area contributed by atoms with Gasteiger partial charge in [-0.2, -0.15) is 0 Å². The summed E-state index contributed by atoms with van der Waals surface area (Å²) in [4.78, 5) is 30.5. The maximum atomic E-state index is 13.6. The average Bonchev–Trinajstić information content (AvgIpc) is 3.52. The molecule has 0 spiro atoms. The van der Waals surface area contributed by atoms with Crippen molar-refractivity contribution in [2.24, 2.45) is 7.05 Å². The lowest BCUT2D eigenvalue weighted by Crippen LogP contribution is -2.42. The number of fused-ring (bicyclic) bond motifs is 3. The number of hydrogen-bond donors (Lipinski definition) is 1. The van der Waals surface area contributed by atoms with Gasteiger partial charge in [0, 0.05) is 36.6 Å². The van der Waals surface area contributed by atoms with Gasteiger partial charge in [-0.05, 0) is 49.7 Å². The minimum Gasteiger partial charge on any atom is -0.497 e. The number of aryl methyl sites for hydroxylation is 1. The van der Waals surface area contributed by atoms with Crippen LogP contribution in [0.2, 0.25) is 0 Å². The Morgan fingerprint density at radius 1 is 1.09 bits per heavy atom. The van der Waals surface area contributed by atoms with E-state index in [9.17, 15) is 9.59 Å². The third-order valence-corrected chi connectivity index (χ3v) is 6.89. The zero-order valence-corrected chi connectivity index (χ0v) is 19.2. The van der Waals surface area contributed by atoms with Gasteiger partial charge in [0.15, 0.2) is 0 Å². The lowest BCUT2D eigenvalue weighted by atomic mass is 9.98. The number of rotatable bonds is 7. The number of amides is 2. The highest BCUT2D eigenvalue weighted by Crippen LogP contribution is 2.43. The fourth-order valence-corrected chi connectivity index (χ4v) is 5.23. The Hall–Kier alpha value is -3.32. The van der Waals surface area contributed by atoms with Gasteiger partial charge in [0.1, 0.15) is 18.0 Å². The van der Waals surface area contributed by atoms with E-state index in [1.807, 2.05) is 54.1 Å². The van der Waals surface area contributed by atoms with Crippen molar-refractivity contribution in [3.05, 3.63) is 65.4 Å². The van der Waals surface area contributed by atoms with Crippen molar-refractivity contribution in [3.8, 4) is 5.75 Å². The summed E-state index contributed by atoms with van der Waals surface area (Å²) in [5.74, 6) is 0.518. The van der Waals surface area contributed by atoms with Gasteiger partial charge in [0.2, 0.25) is 5.91 Å². The molecule has 33 heavy (non-hydrogen) atoms. The third kappa shape index (κ3) is 3.86. The second-order valence-corrected chi connectivity index (χ2v) is 8.85. The lowest BCUT2D eigenvalue weighted by molar-refractivity contribution is -0.122. The molecule has 0 saturated carbocycles. The standard InChI is InChI=1S/C26H30N4O3/c1-28-21-8-4-3-7-20(21)23-24(18-9-11-19(33-2)12-10-18)30(26(32)25(23)28)17-22(31)27-13-16-29-14-5-6-15-29/h3-4,7-12,24H,5-6,13-17H2,1-2H3,(H,27,31)/t24-/m0/s1. The molecule has 2 aliphatic heterocycles. The Labute approximate surface area is 193 Å². The quantitative estimate of drug-likeness (QED) is 0.606. The molecule has 0 radical (unpaired) electrons. The predicted octanol–water partition coefficient (Wildman–Crippen LogP) is 2.94. The SMILES string of the molecule is COc1ccc([C@H]2c3c(n(C)c4ccccc34)C(=O)N2CC(=O)NCCN2CCCC2)cc1. The summed E-state index contributed by atoms with van der Waals surface area (Å²) in [6.45, 7) is 3.68. The number of carbonyl (C=O) groups excluding carboxylic acids is 2. The van der Waals surface area contributed by atoms with Crippen molar-refractivity contribution in [1.82, 2.24) is 19.7 Å². The Bertz CT molecular complexity index is 1180. The first-order chi connectivity index (χ1) is 16.1. The van der Waals surface area contributed by atoms with Crippen LogP contribution < -0.4 is 10.1 Å². The molecule has 172 valence electrons. The van der Waals surface area contributed by atoms with Crippen molar-refractivity contribution in [1.29, 1.82) is 0 Å². The van der Waals surface area contributed by atoms with Crippen LogP contribution in [-0.4, -0.2) is 66.0 Å². The molecule has 5 rings (SSSR count). The number of benzene rings is 2. The fraction of sp³-hybridized carbons (Fsp3) is 0.385. The van der Waals surface area contributed by atoms with E-state index in [2.05, 4.69) is 16.3 Å². The summed E-state index contributed by atoms with van der Waals surface area (Å²) >= 11 is 0. The first-order valence-electron chi connectivity index (χ1n) is 11.6. The topological polar surface area (TPSA) is 66.8 Å². The number of para-hydroxylation sites is 1. The van der Waals surface area contributed by atoms with Crippen LogP contribution >= 0.6 is 0 Å². The summed E-state index contributed by atoms with van der Waals surface area (Å²) in [6, 6.07) is 15.5. The Balaban J connectivity index is 1.44. The molecule has 1 N–H and O–H groups in total. The number of ether oxygens (including phenoxy) is 1. The summed E-state index contributed by atoms with van der Waals surface area (Å²) in [6.07, 6.45) is 2.46. The zero-order valence-electron chi connectivity index (χ0n) is 19.2. The molecule has 2 aliphatic rings. The Kier molecular flexibility index (Phi) is 5.81. The van der Waals surface area contributed by atoms with E-state index >= 15 is 0 Å². The summed E-state index contributed by atoms with van der Waals surface area (Å²) in [5, 5.41) is 4.06. The van der Waals surface area contributed by atoms with Gasteiger partial charge < -0.3 is 24.4 Å². The molecule has 1 atom stereocenters. The van der Waals surface area contributed by atoms with Gasteiger partial charge in [-0.1, -0.05) is 30.3 Å². The number of methoxy groups -OCH3 is 1. The second kappa shape index (κ2) is 8.90. The maximum Gasteiger partial charge on any atom is 0.272 e. The Morgan fingerprint density at radius 2 is 1.82 bits per heavy atom. The van der Waals surface area contributed by atoms with Gasteiger partial charge in [0.25, 0.3) is 5.91 Å². The van der Waals surface area contributed by atoms with E-state index in [1.54, 1.807) is 12.0 Å². The fourth-order valence-electron chi connectivity index (χ4n) is 5.23. The van der Waals surface area contributed by atoms with Crippen molar-refractivity contribution in [2.75, 3.05) is 39.8 Å². The monoisotopic (exact) mass is 446 g/mol. The van der Waals surface area contributed by atoms with E-state index in [0.29, 0.717) is 12.2 Å². The van der Waals surface area contributed by atoms with Gasteiger partial charge in [-0.25, -0.2) is 0 Å². The van der Waals surface area contributed by atoms with E-state index in [-0.39, 0.29) is 24.4 Å². The summed E-state index contributed by atoms with van der Waals surface area (Å²) in [7, 11) is 3.56. The molecule has 3 aromatic rings. The van der Waals surface area contributed by atoms with E-state index in [4.69, 9.17) is 4.74 Å². The average molecular weight is 447 g/mol. The van der Waals surface area contributed by atoms with E-state index in [0.717, 1.165) is 47.4 Å². The summed E-state index contributed by atoms with van der Waals surface area (Å²) < 4.78 is 7.28. The van der Waals surface area contributed by atoms with E-state index in [1.165, 1.54) is 12.8 Å². The smallest absolute Gasteiger partial charge is 0.272 e. The van der Waals surface area contributed by atoms with Crippen LogP contribution in [0.25, 0.3) is 10.9 Å². The molecule has 0 aliphatic carbocycles. The molecule has 1 aromatic heterocycles. The van der Waals surface area contributed by atoms with Crippen LogP contribution in [-0.2, 0) is 11.8 Å². The number of nitrogens with one attached hydrogen (secondary N) is 1. The molecule has 0 bridgehead atoms. The minimum atomic E-state index is -0.325. The van der Waals surface area contributed by atoms with Crippen LogP contribution in [0.1, 0.15) is 40.5 Å². The number of aromatic nitrogens is 1. The molecule has 1 saturated heterocycles. The predicted molar refractivity (Wildman–Crippen MR) is 127 cm³/mol. The molecule has 3 heterocycles. The minimum absolute atomic E-state index is 0.0263. The molecular weight excluding hydrogens is 416 g/mol. The molecular formula is C26H30N4O3. The molecule has 2 amide bonds. The van der Waals surface area contributed by atoms with Crippen LogP contribution in [0.3, 0.4) is 0 Å². The Morgan fingerprint density at radius 3 is 2.55 bits per heavy atom. The normalized spacial score (nSPS) is 18.2. The van der Waals surface area contributed by atoms with Gasteiger partial charge in [-0.3, -0.25) is 9.59 Å². The number of likely N-dealkylation sites (tertiary alicyclic amines) is 1. The highest BCUT2D eigenvalue weighted by Gasteiger charge is 2.42. The number of carbonyl (C=O) groups is 2. The van der Waals surface area contributed by atoms with E-state index < -0.39 is 0 Å². The van der Waals surface area contributed by atoms with Crippen LogP contribution in [0, 0.1) is 0 Å². The lowest BCUT2D eigenvalue weighted by Gasteiger charge is -2.26. The van der Waals surface area contributed by atoms with Crippen LogP contribution in [0.15, 0.2) is 48.5 Å². The molecule has 7 heteroatoms. The number of nitrogens with zero attached hydrogens (tertiary/aromatic N) is 3. The van der Waals surface area contributed by atoms with Crippen LogP contribution in [0.5, 0.6) is 5.75 Å². The third-order valence-electron chi connectivity index (χ3n) is 6.89. The maximum absolute atomic E-state index is 13.6. The molecule has 0 unspecified atom stereocenters. The molecule has 1 fully saturated rings. The second-order valence-electron chi connectivity index (χ2n) is 8.85. The zero-order chi connectivity index (χ0) is 22.9. The van der Waals surface area contributed by atoms with Crippen molar-refractivity contribution in [3.63, 3.8) is 0 Å². The van der Waals surface area contributed by atoms with Crippen molar-refractivity contribution in [2.45, 2.75) is 18.9 Å². The van der Waals surface area contributed by atoms with Crippen molar-refractivity contribution < 1.29 is 14.3 Å². The van der Waals surface area contributed by atoms with Gasteiger partial charge in [-0.15, -0.1) is 0 Å². The molecule has 2 aromatic carbocycles. The highest BCUT2D eigenvalue weighted by atomic mass is 16.5. The first kappa shape index (κ1) is 21.5. The first-order valence-corrected chi connectivity index (χ1v) is 11.6. The van der Waals surface area contributed by atoms with Crippen molar-refractivity contribution >= 4 is 22.7 Å². The van der Waals surface area contributed by atoms with Crippen LogP contribution in [0.4, 0.5) is 0 Å². The largest absolute Gasteiger partial charge is 0.497 e. The van der Waals surface area contributed by atoms with Gasteiger partial charge in [0.05, 0.1) is 13.2 Å². The summed E-state index contributed by atoms with van der Waals surface area (Å²) in [5.41, 5.74) is 3.60. The molecule has 7 nitrogen and oxygen atoms in total. The number of hydrogen-bond acceptors (Lipinski definition) is 4.